The molecule has 0 aromatic rings. The fourth-order valence-corrected chi connectivity index (χ4v) is 3.28. The molecule has 3 amide bonds. The van der Waals surface area contributed by atoms with Crippen LogP contribution in [0.4, 0.5) is 0 Å². The Bertz CT molecular complexity index is 654. The largest absolute Gasteiger partial charge is 0.480 e. The minimum Gasteiger partial charge on any atom is -0.480 e. The number of carboxylic acid groups (broad SMARTS) is 1. The van der Waals surface area contributed by atoms with E-state index in [0.29, 0.717) is 67.5 Å². The van der Waals surface area contributed by atoms with Crippen LogP contribution in [0.15, 0.2) is 0 Å². The smallest absolute Gasteiger partial charge is 0.317 e. The first-order chi connectivity index (χ1) is 15.9. The van der Waals surface area contributed by atoms with Crippen LogP contribution in [0.1, 0.15) is 0 Å². The van der Waals surface area contributed by atoms with Crippen LogP contribution in [0.25, 0.3) is 0 Å². The van der Waals surface area contributed by atoms with Crippen LogP contribution in [-0.4, -0.2) is 179 Å². The number of amides is 3. The van der Waals surface area contributed by atoms with E-state index in [1.165, 1.54) is 21.1 Å². The van der Waals surface area contributed by atoms with Gasteiger partial charge in [-0.2, -0.15) is 0 Å². The second-order valence-electron chi connectivity index (χ2n) is 8.25. The van der Waals surface area contributed by atoms with E-state index in [1.807, 2.05) is 0 Å². The van der Waals surface area contributed by atoms with Crippen molar-refractivity contribution in [1.29, 1.82) is 0 Å². The summed E-state index contributed by atoms with van der Waals surface area (Å²) in [7, 11) is 3.66. The average Bonchev–Trinajstić information content (AvgIpc) is 2.74. The van der Waals surface area contributed by atoms with Gasteiger partial charge in [-0.1, -0.05) is 0 Å². The van der Waals surface area contributed by atoms with E-state index in [2.05, 4.69) is 0 Å². The lowest BCUT2D eigenvalue weighted by atomic mass is 10.3. The quantitative estimate of drug-likeness (QED) is 0.199. The molecule has 0 saturated carbocycles. The lowest BCUT2D eigenvalue weighted by molar-refractivity contribution is -0.162. The number of likely N-dealkylation sites (N-methyl/N-ethyl adjacent to an activating group) is 3. The first kappa shape index (κ1) is 29.6. The number of hydroxylamine groups is 6. The van der Waals surface area contributed by atoms with Gasteiger partial charge in [0.15, 0.2) is 0 Å². The SMILES string of the molecule is CN(O)C(=O)CN1CCN(CC(=O)O)CCN(CC(=O)N(C)O)CCN(CC(=O)N(C)O)CC1. The summed E-state index contributed by atoms with van der Waals surface area (Å²) >= 11 is 0. The molecule has 34 heavy (non-hydrogen) atoms. The van der Waals surface area contributed by atoms with Gasteiger partial charge < -0.3 is 5.11 Å². The van der Waals surface area contributed by atoms with E-state index < -0.39 is 23.7 Å². The molecule has 0 atom stereocenters. The number of carbonyl (C=O) groups is 4. The van der Waals surface area contributed by atoms with Crippen LogP contribution in [0.3, 0.4) is 0 Å². The van der Waals surface area contributed by atoms with Crippen molar-refractivity contribution in [3.63, 3.8) is 0 Å². The second kappa shape index (κ2) is 14.8. The molecule has 1 rings (SSSR count). The highest BCUT2D eigenvalue weighted by Gasteiger charge is 2.22. The fourth-order valence-electron chi connectivity index (χ4n) is 3.28. The van der Waals surface area contributed by atoms with Gasteiger partial charge in [0.1, 0.15) is 0 Å². The molecule has 0 radical (unpaired) electrons. The summed E-state index contributed by atoms with van der Waals surface area (Å²) in [6.07, 6.45) is 0. The van der Waals surface area contributed by atoms with E-state index in [4.69, 9.17) is 0 Å². The van der Waals surface area contributed by atoms with Crippen molar-refractivity contribution in [1.82, 2.24) is 34.8 Å². The Labute approximate surface area is 198 Å². The van der Waals surface area contributed by atoms with Gasteiger partial charge in [0, 0.05) is 73.5 Å². The zero-order chi connectivity index (χ0) is 25.8. The topological polar surface area (TPSA) is 172 Å². The van der Waals surface area contributed by atoms with Crippen LogP contribution >= 0.6 is 0 Å². The van der Waals surface area contributed by atoms with Crippen LogP contribution in [-0.2, 0) is 19.2 Å². The van der Waals surface area contributed by atoms with E-state index in [-0.39, 0.29) is 26.2 Å². The van der Waals surface area contributed by atoms with Crippen molar-refractivity contribution in [2.75, 3.05) is 99.7 Å². The summed E-state index contributed by atoms with van der Waals surface area (Å²) in [5.41, 5.74) is 0. The molecule has 15 nitrogen and oxygen atoms in total. The lowest BCUT2D eigenvalue weighted by Crippen LogP contribution is -2.50. The van der Waals surface area contributed by atoms with Crippen LogP contribution < -0.4 is 0 Å². The predicted octanol–water partition coefficient (Wildman–Crippen LogP) is -3.16. The molecule has 196 valence electrons. The number of hydrogen-bond acceptors (Lipinski definition) is 11. The summed E-state index contributed by atoms with van der Waals surface area (Å²) in [4.78, 5) is 54.5. The van der Waals surface area contributed by atoms with Gasteiger partial charge in [0.2, 0.25) is 0 Å². The van der Waals surface area contributed by atoms with E-state index in [0.717, 1.165) is 0 Å². The molecule has 15 heteroatoms. The summed E-state index contributed by atoms with van der Waals surface area (Å²) in [5, 5.41) is 39.0. The minimum absolute atomic E-state index is 0.0957. The van der Waals surface area contributed by atoms with E-state index in [9.17, 15) is 39.9 Å². The monoisotopic (exact) mass is 491 g/mol. The van der Waals surface area contributed by atoms with Crippen LogP contribution in [0.5, 0.6) is 0 Å². The number of carboxylic acids is 1. The van der Waals surface area contributed by atoms with E-state index >= 15 is 0 Å². The molecule has 1 aliphatic heterocycles. The molecule has 1 fully saturated rings. The zero-order valence-corrected chi connectivity index (χ0v) is 20.0. The van der Waals surface area contributed by atoms with Crippen molar-refractivity contribution in [2.24, 2.45) is 0 Å². The van der Waals surface area contributed by atoms with Crippen molar-refractivity contribution >= 4 is 23.7 Å². The van der Waals surface area contributed by atoms with Gasteiger partial charge in [-0.3, -0.25) is 54.4 Å². The van der Waals surface area contributed by atoms with Crippen molar-refractivity contribution < 1.29 is 39.9 Å². The Hall–Kier alpha value is -2.40. The van der Waals surface area contributed by atoms with Gasteiger partial charge in [0.25, 0.3) is 17.7 Å². The molecule has 1 heterocycles. The Kier molecular flexibility index (Phi) is 12.9. The summed E-state index contributed by atoms with van der Waals surface area (Å²) in [6, 6.07) is 0. The Morgan fingerprint density at radius 3 is 0.912 bits per heavy atom. The highest BCUT2D eigenvalue weighted by Crippen LogP contribution is 2.03. The maximum absolute atomic E-state index is 12.1. The standard InChI is InChI=1S/C19H37N7O8/c1-20(32)16(27)12-23-4-6-24(13-17(28)21(2)33)8-10-26(15-19(30)31)11-9-25(7-5-23)14-18(29)22(3)34/h32-34H,4-15H2,1-3H3,(H,30,31). The van der Waals surface area contributed by atoms with Crippen LogP contribution in [0, 0.1) is 0 Å². The molecule has 4 N–H and O–H groups in total. The molecule has 0 aliphatic carbocycles. The van der Waals surface area contributed by atoms with E-state index in [1.54, 1.807) is 19.6 Å². The maximum atomic E-state index is 12.1. The fraction of sp³-hybridized carbons (Fsp3) is 0.789. The lowest BCUT2D eigenvalue weighted by Gasteiger charge is -2.33. The van der Waals surface area contributed by atoms with Crippen molar-refractivity contribution in [3.05, 3.63) is 0 Å². The first-order valence-corrected chi connectivity index (χ1v) is 10.9. The molecular formula is C19H37N7O8. The third kappa shape index (κ3) is 11.6. The zero-order valence-electron chi connectivity index (χ0n) is 20.0. The molecule has 1 aliphatic rings. The minimum atomic E-state index is -1.01. The first-order valence-electron chi connectivity index (χ1n) is 10.9. The molecule has 0 unspecified atom stereocenters. The van der Waals surface area contributed by atoms with Crippen molar-refractivity contribution in [3.8, 4) is 0 Å². The van der Waals surface area contributed by atoms with Gasteiger partial charge in [-0.05, 0) is 0 Å². The number of aliphatic carboxylic acids is 1. The van der Waals surface area contributed by atoms with Gasteiger partial charge in [0.05, 0.1) is 26.2 Å². The highest BCUT2D eigenvalue weighted by molar-refractivity contribution is 5.77. The summed E-state index contributed by atoms with van der Waals surface area (Å²) in [6.45, 7) is 2.10. The third-order valence-electron chi connectivity index (χ3n) is 5.45. The van der Waals surface area contributed by atoms with Gasteiger partial charge >= 0.3 is 5.97 Å². The second-order valence-corrected chi connectivity index (χ2v) is 8.25. The number of nitrogens with zero attached hydrogens (tertiary/aromatic N) is 7. The van der Waals surface area contributed by atoms with Gasteiger partial charge in [-0.25, -0.2) is 15.2 Å². The van der Waals surface area contributed by atoms with Crippen molar-refractivity contribution in [2.45, 2.75) is 0 Å². The van der Waals surface area contributed by atoms with Crippen LogP contribution in [0.2, 0.25) is 0 Å². The molecule has 0 aromatic heterocycles. The Morgan fingerprint density at radius 2 is 0.735 bits per heavy atom. The van der Waals surface area contributed by atoms with Gasteiger partial charge in [-0.15, -0.1) is 0 Å². The molecule has 0 aromatic carbocycles. The maximum Gasteiger partial charge on any atom is 0.317 e. The Balaban J connectivity index is 3.06. The summed E-state index contributed by atoms with van der Waals surface area (Å²) < 4.78 is 0. The predicted molar refractivity (Wildman–Crippen MR) is 117 cm³/mol. The number of rotatable bonds is 8. The normalized spacial score (nSPS) is 17.9. The molecule has 0 bridgehead atoms. The number of hydrogen-bond donors (Lipinski definition) is 4. The Morgan fingerprint density at radius 1 is 0.529 bits per heavy atom. The average molecular weight is 492 g/mol. The highest BCUT2D eigenvalue weighted by atomic mass is 16.5. The molecule has 1 saturated heterocycles. The third-order valence-corrected chi connectivity index (χ3v) is 5.45. The molecule has 0 spiro atoms. The number of carbonyl (C=O) groups excluding carboxylic acids is 3. The summed E-state index contributed by atoms with van der Waals surface area (Å²) in [5.74, 6) is -2.62. The molecular weight excluding hydrogens is 454 g/mol.